The van der Waals surface area contributed by atoms with Gasteiger partial charge in [0.05, 0.1) is 4.88 Å². The van der Waals surface area contributed by atoms with Crippen LogP contribution in [0.3, 0.4) is 0 Å². The summed E-state index contributed by atoms with van der Waals surface area (Å²) in [5.41, 5.74) is 1.28. The molecule has 0 unspecified atom stereocenters. The fraction of sp³-hybridized carbons (Fsp3) is 0. The Morgan fingerprint density at radius 1 is 1.13 bits per heavy atom. The smallest absolute Gasteiger partial charge is 0.197 e. The number of nitrogens with zero attached hydrogens (tertiary/aromatic N) is 1. The highest BCUT2D eigenvalue weighted by molar-refractivity contribution is 7.17. The van der Waals surface area contributed by atoms with Crippen molar-refractivity contribution in [3.05, 3.63) is 82.1 Å². The van der Waals surface area contributed by atoms with Crippen molar-refractivity contribution >= 4 is 34.8 Å². The average molecular weight is 344 g/mol. The van der Waals surface area contributed by atoms with E-state index in [1.54, 1.807) is 30.3 Å². The van der Waals surface area contributed by atoms with Crippen LogP contribution in [0.2, 0.25) is 5.02 Å². The van der Waals surface area contributed by atoms with E-state index in [0.717, 1.165) is 10.6 Å². The largest absolute Gasteiger partial charge is 0.288 e. The zero-order chi connectivity index (χ0) is 16.2. The summed E-state index contributed by atoms with van der Waals surface area (Å²) in [7, 11) is 0. The molecule has 114 valence electrons. The monoisotopic (exact) mass is 343 g/mol. The zero-order valence-electron chi connectivity index (χ0n) is 11.9. The normalized spacial score (nSPS) is 11.0. The minimum Gasteiger partial charge on any atom is -0.288 e. The van der Waals surface area contributed by atoms with Gasteiger partial charge in [-0.1, -0.05) is 41.9 Å². The Labute approximate surface area is 141 Å². The Hall–Kier alpha value is -2.30. The van der Waals surface area contributed by atoms with Crippen LogP contribution in [0.1, 0.15) is 15.2 Å². The van der Waals surface area contributed by atoms with E-state index in [2.05, 4.69) is 4.98 Å². The molecule has 2 aromatic carbocycles. The van der Waals surface area contributed by atoms with E-state index in [1.165, 1.54) is 35.8 Å². The first-order chi connectivity index (χ1) is 11.1. The molecule has 5 heteroatoms. The van der Waals surface area contributed by atoms with E-state index in [4.69, 9.17) is 11.6 Å². The molecule has 0 saturated heterocycles. The lowest BCUT2D eigenvalue weighted by molar-refractivity contribution is 0.105. The molecule has 2 nitrogen and oxygen atoms in total. The topological polar surface area (TPSA) is 30.0 Å². The van der Waals surface area contributed by atoms with E-state index in [0.29, 0.717) is 15.5 Å². The molecule has 1 heterocycles. The van der Waals surface area contributed by atoms with E-state index < -0.39 is 0 Å². The van der Waals surface area contributed by atoms with Crippen molar-refractivity contribution in [2.45, 2.75) is 0 Å². The van der Waals surface area contributed by atoms with E-state index in [9.17, 15) is 9.18 Å². The van der Waals surface area contributed by atoms with Gasteiger partial charge in [-0.15, -0.1) is 11.3 Å². The molecular weight excluding hydrogens is 333 g/mol. The number of allylic oxidation sites excluding steroid dienone is 1. The number of carbonyl (C=O) groups excluding carboxylic acids is 1. The van der Waals surface area contributed by atoms with Gasteiger partial charge in [0.2, 0.25) is 0 Å². The molecule has 0 atom stereocenters. The van der Waals surface area contributed by atoms with Crippen molar-refractivity contribution in [2.75, 3.05) is 0 Å². The number of ketones is 1. The van der Waals surface area contributed by atoms with Crippen LogP contribution in [0, 0.1) is 5.82 Å². The summed E-state index contributed by atoms with van der Waals surface area (Å²) >= 11 is 7.15. The Balaban J connectivity index is 1.79. The Bertz CT molecular complexity index is 871. The van der Waals surface area contributed by atoms with Gasteiger partial charge in [-0.05, 0) is 30.4 Å². The summed E-state index contributed by atoms with van der Waals surface area (Å²) in [6, 6.07) is 13.6. The van der Waals surface area contributed by atoms with E-state index >= 15 is 0 Å². The number of halogens is 2. The quantitative estimate of drug-likeness (QED) is 0.462. The summed E-state index contributed by atoms with van der Waals surface area (Å²) < 4.78 is 13.5. The second-order valence-corrected chi connectivity index (χ2v) is 6.22. The molecule has 23 heavy (non-hydrogen) atoms. The number of benzene rings is 2. The molecule has 0 aliphatic carbocycles. The van der Waals surface area contributed by atoms with Crippen LogP contribution in [0.25, 0.3) is 16.6 Å². The minimum atomic E-state index is -0.359. The molecule has 0 aliphatic heterocycles. The molecule has 0 bridgehead atoms. The number of thiazole rings is 1. The summed E-state index contributed by atoms with van der Waals surface area (Å²) in [6.45, 7) is 0. The van der Waals surface area contributed by atoms with Crippen LogP contribution in [0.4, 0.5) is 4.39 Å². The van der Waals surface area contributed by atoms with Gasteiger partial charge < -0.3 is 0 Å². The van der Waals surface area contributed by atoms with Gasteiger partial charge in [0, 0.05) is 22.3 Å². The van der Waals surface area contributed by atoms with Crippen molar-refractivity contribution in [2.24, 2.45) is 0 Å². The van der Waals surface area contributed by atoms with Crippen molar-refractivity contribution in [3.63, 3.8) is 0 Å². The maximum atomic E-state index is 13.5. The molecule has 0 radical (unpaired) electrons. The van der Waals surface area contributed by atoms with Crippen molar-refractivity contribution in [1.82, 2.24) is 4.98 Å². The van der Waals surface area contributed by atoms with Gasteiger partial charge in [-0.25, -0.2) is 9.37 Å². The fourth-order valence-electron chi connectivity index (χ4n) is 1.97. The van der Waals surface area contributed by atoms with Gasteiger partial charge in [0.25, 0.3) is 0 Å². The lowest BCUT2D eigenvalue weighted by Crippen LogP contribution is -1.89. The Kier molecular flexibility index (Phi) is 4.65. The van der Waals surface area contributed by atoms with E-state index in [-0.39, 0.29) is 11.6 Å². The Morgan fingerprint density at radius 2 is 1.87 bits per heavy atom. The molecule has 0 saturated carbocycles. The summed E-state index contributed by atoms with van der Waals surface area (Å²) in [5, 5.41) is 1.39. The van der Waals surface area contributed by atoms with Crippen molar-refractivity contribution < 1.29 is 9.18 Å². The highest BCUT2D eigenvalue weighted by Gasteiger charge is 2.09. The molecule has 0 aliphatic rings. The third-order valence-corrected chi connectivity index (χ3v) is 4.47. The molecule has 0 fully saturated rings. The molecule has 1 aromatic heterocycles. The zero-order valence-corrected chi connectivity index (χ0v) is 13.4. The maximum Gasteiger partial charge on any atom is 0.197 e. The van der Waals surface area contributed by atoms with E-state index in [1.807, 2.05) is 12.1 Å². The predicted molar refractivity (Wildman–Crippen MR) is 92.3 cm³/mol. The number of hydrogen-bond donors (Lipinski definition) is 0. The minimum absolute atomic E-state index is 0.203. The molecule has 3 aromatic rings. The summed E-state index contributed by atoms with van der Waals surface area (Å²) in [4.78, 5) is 16.9. The first-order valence-electron chi connectivity index (χ1n) is 6.82. The lowest BCUT2D eigenvalue weighted by Gasteiger charge is -1.95. The highest BCUT2D eigenvalue weighted by atomic mass is 35.5. The Morgan fingerprint density at radius 3 is 2.61 bits per heavy atom. The van der Waals surface area contributed by atoms with Gasteiger partial charge in [-0.2, -0.15) is 0 Å². The standard InChI is InChI=1S/C18H11ClFNOS/c19-14-8-5-13(6-9-14)18-21-11-17(23-18)16(22)10-7-12-3-1-2-4-15(12)20/h1-11H. The van der Waals surface area contributed by atoms with Crippen LogP contribution in [0.15, 0.2) is 60.8 Å². The third-order valence-electron chi connectivity index (χ3n) is 3.16. The number of aromatic nitrogens is 1. The number of hydrogen-bond acceptors (Lipinski definition) is 3. The van der Waals surface area contributed by atoms with Gasteiger partial charge in [0.1, 0.15) is 10.8 Å². The number of carbonyl (C=O) groups is 1. The first kappa shape index (κ1) is 15.6. The molecule has 3 rings (SSSR count). The average Bonchev–Trinajstić information content (AvgIpc) is 3.04. The van der Waals surface area contributed by atoms with Crippen LogP contribution < -0.4 is 0 Å². The van der Waals surface area contributed by atoms with Crippen LogP contribution in [0.5, 0.6) is 0 Å². The predicted octanol–water partition coefficient (Wildman–Crippen LogP) is 5.50. The van der Waals surface area contributed by atoms with Gasteiger partial charge >= 0.3 is 0 Å². The van der Waals surface area contributed by atoms with Crippen LogP contribution in [-0.2, 0) is 0 Å². The van der Waals surface area contributed by atoms with Crippen molar-refractivity contribution in [3.8, 4) is 10.6 Å². The molecule has 0 amide bonds. The SMILES string of the molecule is O=C(C=Cc1ccccc1F)c1cnc(-c2ccc(Cl)cc2)s1. The maximum absolute atomic E-state index is 13.5. The second-order valence-electron chi connectivity index (χ2n) is 4.76. The fourth-order valence-corrected chi connectivity index (χ4v) is 2.94. The lowest BCUT2D eigenvalue weighted by atomic mass is 10.2. The van der Waals surface area contributed by atoms with Crippen LogP contribution in [-0.4, -0.2) is 10.8 Å². The van der Waals surface area contributed by atoms with Gasteiger partial charge in [-0.3, -0.25) is 4.79 Å². The van der Waals surface area contributed by atoms with Crippen molar-refractivity contribution in [1.29, 1.82) is 0 Å². The van der Waals surface area contributed by atoms with Crippen LogP contribution >= 0.6 is 22.9 Å². The summed E-state index contributed by atoms with van der Waals surface area (Å²) in [5.74, 6) is -0.561. The summed E-state index contributed by atoms with van der Waals surface area (Å²) in [6.07, 6.45) is 4.36. The number of rotatable bonds is 4. The first-order valence-corrected chi connectivity index (χ1v) is 8.01. The van der Waals surface area contributed by atoms with Gasteiger partial charge in [0.15, 0.2) is 5.78 Å². The third kappa shape index (κ3) is 3.73. The molecule has 0 spiro atoms. The molecule has 0 N–H and O–H groups in total. The highest BCUT2D eigenvalue weighted by Crippen LogP contribution is 2.26. The molecular formula is C18H11ClFNOS. The second kappa shape index (κ2) is 6.86.